The van der Waals surface area contributed by atoms with Gasteiger partial charge in [0.2, 0.25) is 5.91 Å². The molecule has 1 aromatic heterocycles. The summed E-state index contributed by atoms with van der Waals surface area (Å²) in [4.78, 5) is 16.5. The molecule has 4 nitrogen and oxygen atoms in total. The fourth-order valence-electron chi connectivity index (χ4n) is 2.59. The van der Waals surface area contributed by atoms with Crippen molar-refractivity contribution in [3.05, 3.63) is 35.2 Å². The van der Waals surface area contributed by atoms with Crippen LogP contribution in [-0.2, 0) is 11.0 Å². The fourth-order valence-corrected chi connectivity index (χ4v) is 3.31. The lowest BCUT2D eigenvalue weighted by molar-refractivity contribution is -0.137. The summed E-state index contributed by atoms with van der Waals surface area (Å²) < 4.78 is 37.7. The van der Waals surface area contributed by atoms with Crippen molar-refractivity contribution < 1.29 is 18.0 Å². The van der Waals surface area contributed by atoms with Crippen molar-refractivity contribution in [1.29, 1.82) is 0 Å². The Kier molecular flexibility index (Phi) is 4.86. The molecule has 1 saturated heterocycles. The first-order valence-corrected chi connectivity index (χ1v) is 8.46. The topological polar surface area (TPSA) is 54.0 Å². The average Bonchev–Trinajstić information content (AvgIpc) is 3.03. The first kappa shape index (κ1) is 16.9. The van der Waals surface area contributed by atoms with E-state index in [1.54, 1.807) is 5.38 Å². The summed E-state index contributed by atoms with van der Waals surface area (Å²) in [6, 6.07) is 4.83. The van der Waals surface area contributed by atoms with Crippen LogP contribution in [0, 0.1) is 5.92 Å². The first-order chi connectivity index (χ1) is 11.4. The molecule has 0 spiro atoms. The molecule has 0 atom stereocenters. The highest BCUT2D eigenvalue weighted by Crippen LogP contribution is 2.32. The molecule has 3 rings (SSSR count). The number of amides is 1. The lowest BCUT2D eigenvalue weighted by atomic mass is 9.97. The van der Waals surface area contributed by atoms with E-state index in [4.69, 9.17) is 0 Å². The van der Waals surface area contributed by atoms with Crippen molar-refractivity contribution in [2.24, 2.45) is 5.92 Å². The molecule has 0 saturated carbocycles. The van der Waals surface area contributed by atoms with Crippen LogP contribution in [0.4, 0.5) is 18.3 Å². The quantitative estimate of drug-likeness (QED) is 0.881. The van der Waals surface area contributed by atoms with Gasteiger partial charge in [-0.1, -0.05) is 12.1 Å². The molecule has 1 aliphatic rings. The molecule has 2 N–H and O–H groups in total. The monoisotopic (exact) mass is 355 g/mol. The van der Waals surface area contributed by atoms with Gasteiger partial charge in [0.15, 0.2) is 5.13 Å². The lowest BCUT2D eigenvalue weighted by Crippen LogP contribution is -2.34. The van der Waals surface area contributed by atoms with Gasteiger partial charge in [-0.25, -0.2) is 4.98 Å². The minimum atomic E-state index is -4.35. The minimum Gasteiger partial charge on any atom is -0.317 e. The van der Waals surface area contributed by atoms with Crippen LogP contribution >= 0.6 is 11.3 Å². The van der Waals surface area contributed by atoms with Gasteiger partial charge in [-0.15, -0.1) is 11.3 Å². The van der Waals surface area contributed by atoms with Crippen molar-refractivity contribution in [3.63, 3.8) is 0 Å². The number of hydrogen-bond donors (Lipinski definition) is 2. The van der Waals surface area contributed by atoms with E-state index in [1.807, 2.05) is 0 Å². The number of aromatic nitrogens is 1. The Bertz CT molecular complexity index is 706. The average molecular weight is 355 g/mol. The third-order valence-electron chi connectivity index (χ3n) is 3.95. The molecule has 128 valence electrons. The van der Waals surface area contributed by atoms with Gasteiger partial charge in [0.25, 0.3) is 0 Å². The van der Waals surface area contributed by atoms with Crippen LogP contribution in [0.15, 0.2) is 29.6 Å². The molecule has 1 fully saturated rings. The number of nitrogens with zero attached hydrogens (tertiary/aromatic N) is 1. The number of piperidine rings is 1. The first-order valence-electron chi connectivity index (χ1n) is 7.58. The minimum absolute atomic E-state index is 0.0235. The zero-order valence-corrected chi connectivity index (χ0v) is 13.5. The number of hydrogen-bond acceptors (Lipinski definition) is 4. The molecule has 0 bridgehead atoms. The van der Waals surface area contributed by atoms with Gasteiger partial charge in [0.05, 0.1) is 11.3 Å². The number of carbonyl (C=O) groups is 1. The highest BCUT2D eigenvalue weighted by atomic mass is 32.1. The van der Waals surface area contributed by atoms with Crippen molar-refractivity contribution in [2.75, 3.05) is 18.4 Å². The molecule has 2 aromatic rings. The molecule has 0 aliphatic carbocycles. The van der Waals surface area contributed by atoms with E-state index >= 15 is 0 Å². The van der Waals surface area contributed by atoms with Crippen molar-refractivity contribution in [3.8, 4) is 11.3 Å². The van der Waals surface area contributed by atoms with Crippen LogP contribution in [0.2, 0.25) is 0 Å². The predicted molar refractivity (Wildman–Crippen MR) is 86.8 cm³/mol. The van der Waals surface area contributed by atoms with E-state index in [2.05, 4.69) is 15.6 Å². The Morgan fingerprint density at radius 3 is 2.50 bits per heavy atom. The zero-order chi connectivity index (χ0) is 17.2. The van der Waals surface area contributed by atoms with Gasteiger partial charge >= 0.3 is 6.18 Å². The maximum atomic E-state index is 12.6. The summed E-state index contributed by atoms with van der Waals surface area (Å²) in [5, 5.41) is 8.19. The van der Waals surface area contributed by atoms with Crippen molar-refractivity contribution in [2.45, 2.75) is 19.0 Å². The van der Waals surface area contributed by atoms with E-state index in [9.17, 15) is 18.0 Å². The molecule has 1 amide bonds. The standard InChI is InChI=1S/C16H16F3N3OS/c17-16(18,19)12-3-1-10(2-4-12)13-9-24-15(21-13)22-14(23)11-5-7-20-8-6-11/h1-4,9,11,20H,5-8H2,(H,21,22,23). The molecule has 24 heavy (non-hydrogen) atoms. The summed E-state index contributed by atoms with van der Waals surface area (Å²) in [6.07, 6.45) is -2.76. The second-order valence-corrected chi connectivity index (χ2v) is 6.48. The van der Waals surface area contributed by atoms with E-state index in [-0.39, 0.29) is 11.8 Å². The Morgan fingerprint density at radius 2 is 1.88 bits per heavy atom. The number of rotatable bonds is 3. The molecular weight excluding hydrogens is 339 g/mol. The van der Waals surface area contributed by atoms with Crippen molar-refractivity contribution in [1.82, 2.24) is 10.3 Å². The Hall–Kier alpha value is -1.93. The number of alkyl halides is 3. The number of halogens is 3. The molecule has 0 unspecified atom stereocenters. The Morgan fingerprint density at radius 1 is 1.21 bits per heavy atom. The van der Waals surface area contributed by atoms with Gasteiger partial charge < -0.3 is 10.6 Å². The van der Waals surface area contributed by atoms with Crippen LogP contribution in [0.5, 0.6) is 0 Å². The largest absolute Gasteiger partial charge is 0.416 e. The third-order valence-corrected chi connectivity index (χ3v) is 4.71. The van der Waals surface area contributed by atoms with Gasteiger partial charge in [0.1, 0.15) is 0 Å². The molecule has 1 aromatic carbocycles. The van der Waals surface area contributed by atoms with Crippen molar-refractivity contribution >= 4 is 22.4 Å². The van der Waals surface area contributed by atoms with E-state index in [0.717, 1.165) is 38.1 Å². The number of anilines is 1. The summed E-state index contributed by atoms with van der Waals surface area (Å²) in [7, 11) is 0. The maximum Gasteiger partial charge on any atom is 0.416 e. The van der Waals surface area contributed by atoms with E-state index in [1.165, 1.54) is 23.5 Å². The van der Waals surface area contributed by atoms with Crippen LogP contribution in [-0.4, -0.2) is 24.0 Å². The van der Waals surface area contributed by atoms with Gasteiger partial charge in [-0.05, 0) is 38.1 Å². The lowest BCUT2D eigenvalue weighted by Gasteiger charge is -2.20. The van der Waals surface area contributed by atoms with Crippen LogP contribution in [0.25, 0.3) is 11.3 Å². The Labute approximate surface area is 141 Å². The number of carbonyl (C=O) groups excluding carboxylic acids is 1. The maximum absolute atomic E-state index is 12.6. The summed E-state index contributed by atoms with van der Waals surface area (Å²) in [5.41, 5.74) is 0.442. The van der Waals surface area contributed by atoms with E-state index in [0.29, 0.717) is 16.4 Å². The number of benzene rings is 1. The second kappa shape index (κ2) is 6.90. The summed E-state index contributed by atoms with van der Waals surface area (Å²) in [6.45, 7) is 1.65. The molecule has 1 aliphatic heterocycles. The molecule has 2 heterocycles. The highest BCUT2D eigenvalue weighted by molar-refractivity contribution is 7.14. The van der Waals surface area contributed by atoms with Gasteiger partial charge in [-0.2, -0.15) is 13.2 Å². The van der Waals surface area contributed by atoms with E-state index < -0.39 is 11.7 Å². The normalized spacial score (nSPS) is 16.1. The Balaban J connectivity index is 1.67. The van der Waals surface area contributed by atoms with Gasteiger partial charge in [-0.3, -0.25) is 4.79 Å². The highest BCUT2D eigenvalue weighted by Gasteiger charge is 2.30. The summed E-state index contributed by atoms with van der Waals surface area (Å²) in [5.74, 6) is -0.0745. The number of nitrogens with one attached hydrogen (secondary N) is 2. The second-order valence-electron chi connectivity index (χ2n) is 5.63. The van der Waals surface area contributed by atoms with Crippen LogP contribution < -0.4 is 10.6 Å². The molecular formula is C16H16F3N3OS. The molecule has 8 heteroatoms. The number of thiazole rings is 1. The van der Waals surface area contributed by atoms with Crippen LogP contribution in [0.3, 0.4) is 0 Å². The van der Waals surface area contributed by atoms with Crippen LogP contribution in [0.1, 0.15) is 18.4 Å². The summed E-state index contributed by atoms with van der Waals surface area (Å²) >= 11 is 1.27. The van der Waals surface area contributed by atoms with Gasteiger partial charge in [0, 0.05) is 16.9 Å². The smallest absolute Gasteiger partial charge is 0.317 e. The SMILES string of the molecule is O=C(Nc1nc(-c2ccc(C(F)(F)F)cc2)cs1)C1CCNCC1. The fraction of sp³-hybridized carbons (Fsp3) is 0.375. The zero-order valence-electron chi connectivity index (χ0n) is 12.7. The predicted octanol–water partition coefficient (Wildman–Crippen LogP) is 3.77. The molecule has 0 radical (unpaired) electrons. The third kappa shape index (κ3) is 3.93.